The summed E-state index contributed by atoms with van der Waals surface area (Å²) in [4.78, 5) is 38.4. The number of rotatable bonds is 5. The first-order valence-corrected chi connectivity index (χ1v) is 8.77. The molecule has 6 heteroatoms. The van der Waals surface area contributed by atoms with E-state index in [1.165, 1.54) is 7.11 Å². The Morgan fingerprint density at radius 3 is 2.76 bits per heavy atom. The molecule has 25 heavy (non-hydrogen) atoms. The summed E-state index contributed by atoms with van der Waals surface area (Å²) in [6, 6.07) is 6.31. The molecule has 1 aliphatic rings. The van der Waals surface area contributed by atoms with Crippen LogP contribution in [0.3, 0.4) is 0 Å². The van der Waals surface area contributed by atoms with Gasteiger partial charge in [-0.1, -0.05) is 19.9 Å². The number of ether oxygens (including phenoxy) is 1. The van der Waals surface area contributed by atoms with Crippen molar-refractivity contribution < 1.29 is 19.1 Å². The van der Waals surface area contributed by atoms with Crippen LogP contribution in [-0.4, -0.2) is 42.4 Å². The SMILES string of the molecule is CC[C@H](C)C(=O)Nc1cccc(C(=O)N2CCCC[C@H]2C(=O)OC)c1. The highest BCUT2D eigenvalue weighted by molar-refractivity contribution is 5.99. The highest BCUT2D eigenvalue weighted by Crippen LogP contribution is 2.22. The number of esters is 1. The van der Waals surface area contributed by atoms with Crippen molar-refractivity contribution in [2.24, 2.45) is 5.92 Å². The molecule has 1 aliphatic heterocycles. The van der Waals surface area contributed by atoms with Gasteiger partial charge in [0, 0.05) is 23.7 Å². The number of nitrogens with zero attached hydrogens (tertiary/aromatic N) is 1. The number of anilines is 1. The molecule has 0 bridgehead atoms. The highest BCUT2D eigenvalue weighted by atomic mass is 16.5. The molecular formula is C19H26N2O4. The van der Waals surface area contributed by atoms with Crippen LogP contribution in [0.4, 0.5) is 5.69 Å². The minimum absolute atomic E-state index is 0.0718. The van der Waals surface area contributed by atoms with Crippen molar-refractivity contribution in [2.75, 3.05) is 19.0 Å². The molecule has 2 rings (SSSR count). The second kappa shape index (κ2) is 8.65. The van der Waals surface area contributed by atoms with E-state index in [9.17, 15) is 14.4 Å². The first kappa shape index (κ1) is 19.0. The Bertz CT molecular complexity index is 644. The lowest BCUT2D eigenvalue weighted by Crippen LogP contribution is -2.48. The number of hydrogen-bond acceptors (Lipinski definition) is 4. The molecule has 0 saturated carbocycles. The molecule has 1 saturated heterocycles. The number of benzene rings is 1. The van der Waals surface area contributed by atoms with E-state index in [2.05, 4.69) is 5.32 Å². The van der Waals surface area contributed by atoms with E-state index in [0.717, 1.165) is 19.3 Å². The molecule has 1 fully saturated rings. The average molecular weight is 346 g/mol. The minimum atomic E-state index is -0.537. The van der Waals surface area contributed by atoms with E-state index in [1.807, 2.05) is 13.8 Å². The number of likely N-dealkylation sites (tertiary alicyclic amines) is 1. The molecule has 1 aromatic rings. The monoisotopic (exact) mass is 346 g/mol. The number of carbonyl (C=O) groups is 3. The number of piperidine rings is 1. The molecule has 6 nitrogen and oxygen atoms in total. The predicted octanol–water partition coefficient (Wildman–Crippen LogP) is 2.84. The summed E-state index contributed by atoms with van der Waals surface area (Å²) in [5, 5.41) is 2.83. The summed E-state index contributed by atoms with van der Waals surface area (Å²) in [5.41, 5.74) is 1.04. The van der Waals surface area contributed by atoms with Crippen molar-refractivity contribution in [1.29, 1.82) is 0 Å². The summed E-state index contributed by atoms with van der Waals surface area (Å²) in [6.45, 7) is 4.34. The average Bonchev–Trinajstić information content (AvgIpc) is 2.66. The van der Waals surface area contributed by atoms with Crippen LogP contribution in [0, 0.1) is 5.92 Å². The Hall–Kier alpha value is -2.37. The third kappa shape index (κ3) is 4.59. The van der Waals surface area contributed by atoms with Gasteiger partial charge in [-0.25, -0.2) is 4.79 Å². The van der Waals surface area contributed by atoms with Crippen LogP contribution in [0.5, 0.6) is 0 Å². The molecule has 2 amide bonds. The molecule has 2 atom stereocenters. The Morgan fingerprint density at radius 2 is 2.08 bits per heavy atom. The molecule has 0 radical (unpaired) electrons. The first-order valence-electron chi connectivity index (χ1n) is 8.77. The number of nitrogens with one attached hydrogen (secondary N) is 1. The fraction of sp³-hybridized carbons (Fsp3) is 0.526. The Balaban J connectivity index is 2.17. The van der Waals surface area contributed by atoms with Gasteiger partial charge in [0.1, 0.15) is 6.04 Å². The van der Waals surface area contributed by atoms with Crippen molar-refractivity contribution in [1.82, 2.24) is 4.90 Å². The third-order valence-corrected chi connectivity index (χ3v) is 4.67. The Kier molecular flexibility index (Phi) is 6.56. The molecule has 0 aliphatic carbocycles. The van der Waals surface area contributed by atoms with Crippen LogP contribution in [-0.2, 0) is 14.3 Å². The lowest BCUT2D eigenvalue weighted by Gasteiger charge is -2.33. The topological polar surface area (TPSA) is 75.7 Å². The normalized spacial score (nSPS) is 18.4. The van der Waals surface area contributed by atoms with Crippen molar-refractivity contribution in [3.8, 4) is 0 Å². The van der Waals surface area contributed by atoms with Crippen molar-refractivity contribution in [3.05, 3.63) is 29.8 Å². The zero-order valence-corrected chi connectivity index (χ0v) is 15.1. The number of methoxy groups -OCH3 is 1. The first-order chi connectivity index (χ1) is 12.0. The highest BCUT2D eigenvalue weighted by Gasteiger charge is 2.33. The van der Waals surface area contributed by atoms with Crippen LogP contribution >= 0.6 is 0 Å². The summed E-state index contributed by atoms with van der Waals surface area (Å²) in [6.07, 6.45) is 3.13. The molecule has 1 N–H and O–H groups in total. The molecule has 0 aromatic heterocycles. The van der Waals surface area contributed by atoms with E-state index in [0.29, 0.717) is 24.2 Å². The van der Waals surface area contributed by atoms with Crippen molar-refractivity contribution >= 4 is 23.5 Å². The van der Waals surface area contributed by atoms with E-state index >= 15 is 0 Å². The van der Waals surface area contributed by atoms with Crippen molar-refractivity contribution in [2.45, 2.75) is 45.6 Å². The zero-order valence-electron chi connectivity index (χ0n) is 15.1. The van der Waals surface area contributed by atoms with Gasteiger partial charge in [0.05, 0.1) is 7.11 Å². The number of hydrogen-bond donors (Lipinski definition) is 1. The maximum Gasteiger partial charge on any atom is 0.328 e. The summed E-state index contributed by atoms with van der Waals surface area (Å²) in [7, 11) is 1.34. The number of amides is 2. The van der Waals surface area contributed by atoms with E-state index in [4.69, 9.17) is 4.74 Å². The summed E-state index contributed by atoms with van der Waals surface area (Å²) >= 11 is 0. The number of carbonyl (C=O) groups excluding carboxylic acids is 3. The molecule has 1 aromatic carbocycles. The second-order valence-electron chi connectivity index (χ2n) is 6.41. The van der Waals surface area contributed by atoms with Crippen molar-refractivity contribution in [3.63, 3.8) is 0 Å². The third-order valence-electron chi connectivity index (χ3n) is 4.67. The van der Waals surface area contributed by atoms with Crippen LogP contribution < -0.4 is 5.32 Å². The van der Waals surface area contributed by atoms with Gasteiger partial charge >= 0.3 is 5.97 Å². The largest absolute Gasteiger partial charge is 0.467 e. The summed E-state index contributed by atoms with van der Waals surface area (Å²) < 4.78 is 4.83. The van der Waals surface area contributed by atoms with Crippen LogP contribution in [0.25, 0.3) is 0 Å². The van der Waals surface area contributed by atoms with Gasteiger partial charge in [-0.2, -0.15) is 0 Å². The molecule has 0 spiro atoms. The molecule has 1 heterocycles. The lowest BCUT2D eigenvalue weighted by molar-refractivity contribution is -0.147. The van der Waals surface area contributed by atoms with Crippen LogP contribution in [0.2, 0.25) is 0 Å². The van der Waals surface area contributed by atoms with Gasteiger partial charge in [-0.05, 0) is 43.9 Å². The summed E-state index contributed by atoms with van der Waals surface area (Å²) in [5.74, 6) is -0.758. The molecular weight excluding hydrogens is 320 g/mol. The van der Waals surface area contributed by atoms with Gasteiger partial charge in [0.2, 0.25) is 5.91 Å². The molecule has 136 valence electrons. The van der Waals surface area contributed by atoms with Gasteiger partial charge in [-0.3, -0.25) is 9.59 Å². The van der Waals surface area contributed by atoms with Gasteiger partial charge in [0.25, 0.3) is 5.91 Å². The van der Waals surface area contributed by atoms with E-state index in [1.54, 1.807) is 29.2 Å². The second-order valence-corrected chi connectivity index (χ2v) is 6.41. The minimum Gasteiger partial charge on any atom is -0.467 e. The Morgan fingerprint density at radius 1 is 1.32 bits per heavy atom. The maximum absolute atomic E-state index is 12.9. The van der Waals surface area contributed by atoms with Gasteiger partial charge in [-0.15, -0.1) is 0 Å². The van der Waals surface area contributed by atoms with Crippen LogP contribution in [0.15, 0.2) is 24.3 Å². The maximum atomic E-state index is 12.9. The standard InChI is InChI=1S/C19H26N2O4/c1-4-13(2)17(22)20-15-9-7-8-14(12-15)18(23)21-11-6-5-10-16(21)19(24)25-3/h7-9,12-13,16H,4-6,10-11H2,1-3H3,(H,20,22)/t13-,16-/m0/s1. The quantitative estimate of drug-likeness (QED) is 0.832. The van der Waals surface area contributed by atoms with Gasteiger partial charge in [0.15, 0.2) is 0 Å². The van der Waals surface area contributed by atoms with Gasteiger partial charge < -0.3 is 15.0 Å². The fourth-order valence-electron chi connectivity index (χ4n) is 2.90. The Labute approximate surface area is 148 Å². The zero-order chi connectivity index (χ0) is 18.4. The predicted molar refractivity (Wildman–Crippen MR) is 95.2 cm³/mol. The lowest BCUT2D eigenvalue weighted by atomic mass is 10.0. The van der Waals surface area contributed by atoms with E-state index < -0.39 is 6.04 Å². The fourth-order valence-corrected chi connectivity index (χ4v) is 2.90. The van der Waals surface area contributed by atoms with Crippen LogP contribution in [0.1, 0.15) is 49.9 Å². The van der Waals surface area contributed by atoms with E-state index in [-0.39, 0.29) is 23.7 Å². The molecule has 0 unspecified atom stereocenters. The smallest absolute Gasteiger partial charge is 0.328 e.